The summed E-state index contributed by atoms with van der Waals surface area (Å²) in [5.74, 6) is -0.346. The normalized spacial score (nSPS) is 25.8. The zero-order valence-corrected chi connectivity index (χ0v) is 22.1. The van der Waals surface area contributed by atoms with Crippen LogP contribution in [0.5, 0.6) is 0 Å². The summed E-state index contributed by atoms with van der Waals surface area (Å²) in [5.41, 5.74) is 0.355. The predicted octanol–water partition coefficient (Wildman–Crippen LogP) is 2.70. The van der Waals surface area contributed by atoms with Gasteiger partial charge in [0.1, 0.15) is 35.2 Å². The first kappa shape index (κ1) is 25.8. The number of carbonyl (C=O) groups is 3. The van der Waals surface area contributed by atoms with Crippen LogP contribution in [0, 0.1) is 18.8 Å². The molecule has 6 bridgehead atoms. The highest BCUT2D eigenvalue weighted by molar-refractivity contribution is 7.09. The third-order valence-corrected chi connectivity index (χ3v) is 7.50. The van der Waals surface area contributed by atoms with E-state index in [-0.39, 0.29) is 47.5 Å². The molecule has 5 atom stereocenters. The Hall–Kier alpha value is -3.28. The number of nitrogens with zero attached hydrogens (tertiary/aromatic N) is 3. The molecule has 0 radical (unpaired) electrons. The van der Waals surface area contributed by atoms with Gasteiger partial charge in [0, 0.05) is 5.38 Å². The molecule has 2 aliphatic rings. The van der Waals surface area contributed by atoms with Crippen LogP contribution in [0.3, 0.4) is 0 Å². The molecule has 0 saturated carbocycles. The van der Waals surface area contributed by atoms with Crippen molar-refractivity contribution in [3.05, 3.63) is 33.4 Å². The molecule has 0 fully saturated rings. The number of rotatable bonds is 3. The van der Waals surface area contributed by atoms with Gasteiger partial charge in [-0.05, 0) is 25.7 Å². The molecule has 12 heteroatoms. The van der Waals surface area contributed by atoms with Crippen molar-refractivity contribution in [3.8, 4) is 0 Å². The minimum absolute atomic E-state index is 0.0218. The number of ether oxygens (including phenoxy) is 1. The molecule has 4 rings (SSSR count). The third kappa shape index (κ3) is 5.13. The lowest BCUT2D eigenvalue weighted by Gasteiger charge is -2.21. The van der Waals surface area contributed by atoms with E-state index in [0.717, 1.165) is 6.42 Å². The van der Waals surface area contributed by atoms with Gasteiger partial charge < -0.3 is 25.1 Å². The number of aliphatic imine (C=N–C) groups is 1. The number of hydrogen-bond acceptors (Lipinski definition) is 9. The quantitative estimate of drug-likeness (QED) is 0.568. The predicted molar refractivity (Wildman–Crippen MR) is 133 cm³/mol. The van der Waals surface area contributed by atoms with Gasteiger partial charge in [-0.3, -0.25) is 14.4 Å². The van der Waals surface area contributed by atoms with Crippen LogP contribution in [-0.4, -0.2) is 52.3 Å². The van der Waals surface area contributed by atoms with Crippen molar-refractivity contribution in [2.75, 3.05) is 6.61 Å². The number of aryl methyl sites for hydroxylation is 1. The summed E-state index contributed by atoms with van der Waals surface area (Å²) < 4.78 is 11.6. The molecule has 2 aromatic heterocycles. The second-order valence-electron chi connectivity index (χ2n) is 9.58. The van der Waals surface area contributed by atoms with Gasteiger partial charge in [0.25, 0.3) is 11.8 Å². The van der Waals surface area contributed by atoms with Gasteiger partial charge in [-0.15, -0.1) is 11.3 Å². The minimum Gasteiger partial charge on any atom is -0.477 e. The van der Waals surface area contributed by atoms with E-state index < -0.39 is 30.1 Å². The van der Waals surface area contributed by atoms with Crippen LogP contribution in [0.25, 0.3) is 0 Å². The summed E-state index contributed by atoms with van der Waals surface area (Å²) >= 11 is 1.29. The van der Waals surface area contributed by atoms with Crippen molar-refractivity contribution in [3.63, 3.8) is 0 Å². The number of oxazole rings is 1. The van der Waals surface area contributed by atoms with Gasteiger partial charge in [0.05, 0.1) is 6.04 Å². The van der Waals surface area contributed by atoms with E-state index in [0.29, 0.717) is 16.7 Å². The van der Waals surface area contributed by atoms with E-state index in [1.807, 2.05) is 27.7 Å². The van der Waals surface area contributed by atoms with Gasteiger partial charge in [0.2, 0.25) is 17.7 Å². The first-order valence-corrected chi connectivity index (χ1v) is 13.0. The summed E-state index contributed by atoms with van der Waals surface area (Å²) in [4.78, 5) is 52.6. The van der Waals surface area contributed by atoms with Crippen molar-refractivity contribution in [2.24, 2.45) is 16.8 Å². The maximum atomic E-state index is 13.2. The Balaban J connectivity index is 1.76. The van der Waals surface area contributed by atoms with Gasteiger partial charge in [-0.25, -0.2) is 15.0 Å². The lowest BCUT2D eigenvalue weighted by Crippen LogP contribution is -2.45. The van der Waals surface area contributed by atoms with E-state index in [4.69, 9.17) is 9.15 Å². The van der Waals surface area contributed by atoms with Gasteiger partial charge in [0.15, 0.2) is 11.7 Å². The summed E-state index contributed by atoms with van der Waals surface area (Å²) in [5, 5.41) is 11.0. The second kappa shape index (κ2) is 10.4. The maximum Gasteiger partial charge on any atom is 0.274 e. The van der Waals surface area contributed by atoms with Crippen LogP contribution in [0.1, 0.15) is 90.8 Å². The van der Waals surface area contributed by atoms with Crippen LogP contribution in [0.2, 0.25) is 0 Å². The summed E-state index contributed by atoms with van der Waals surface area (Å²) in [6.45, 7) is 11.4. The number of thiazole rings is 1. The number of fused-ring (bicyclic) bond motifs is 5. The van der Waals surface area contributed by atoms with Gasteiger partial charge in [-0.1, -0.05) is 34.1 Å². The molecule has 3 amide bonds. The van der Waals surface area contributed by atoms with Gasteiger partial charge in [-0.2, -0.15) is 0 Å². The molecule has 3 N–H and O–H groups in total. The first-order valence-electron chi connectivity index (χ1n) is 12.1. The molecule has 0 aliphatic carbocycles. The van der Waals surface area contributed by atoms with Crippen molar-refractivity contribution in [1.82, 2.24) is 25.9 Å². The van der Waals surface area contributed by atoms with E-state index >= 15 is 0 Å². The molecular weight excluding hydrogens is 484 g/mol. The minimum atomic E-state index is -0.751. The van der Waals surface area contributed by atoms with Crippen LogP contribution in [0.15, 0.2) is 14.8 Å². The summed E-state index contributed by atoms with van der Waals surface area (Å²) in [6, 6.07) is -2.30. The van der Waals surface area contributed by atoms with Gasteiger partial charge >= 0.3 is 0 Å². The Morgan fingerprint density at radius 1 is 1.08 bits per heavy atom. The summed E-state index contributed by atoms with van der Waals surface area (Å²) in [7, 11) is 0. The third-order valence-electron chi connectivity index (χ3n) is 6.47. The molecule has 36 heavy (non-hydrogen) atoms. The van der Waals surface area contributed by atoms with Crippen LogP contribution in [-0.2, 0) is 9.53 Å². The van der Waals surface area contributed by atoms with E-state index in [9.17, 15) is 14.4 Å². The highest BCUT2D eigenvalue weighted by Crippen LogP contribution is 2.27. The summed E-state index contributed by atoms with van der Waals surface area (Å²) in [6.07, 6.45) is 0.743. The van der Waals surface area contributed by atoms with Crippen LogP contribution < -0.4 is 16.0 Å². The Kier molecular flexibility index (Phi) is 7.43. The fourth-order valence-corrected chi connectivity index (χ4v) is 4.85. The molecule has 0 unspecified atom stereocenters. The molecule has 0 aromatic carbocycles. The molecule has 2 aliphatic heterocycles. The number of nitrogens with one attached hydrogen (secondary N) is 3. The van der Waals surface area contributed by atoms with Crippen molar-refractivity contribution in [2.45, 2.75) is 72.1 Å². The molecule has 194 valence electrons. The largest absolute Gasteiger partial charge is 0.477 e. The number of amides is 3. The monoisotopic (exact) mass is 516 g/mol. The van der Waals surface area contributed by atoms with E-state index in [1.54, 1.807) is 19.2 Å². The fraction of sp³-hybridized carbons (Fsp3) is 0.583. The Bertz CT molecular complexity index is 1190. The SMILES string of the molecule is CC[C@H](C)[C@@H]1NC(=O)c2csc(n2)[C@@H](C)NC(=O)[C@@H]2COC(=N2)[C@@H](C(C)C)NC(=O)c2nc1oc2C. The molecule has 0 spiro atoms. The smallest absolute Gasteiger partial charge is 0.274 e. The lowest BCUT2D eigenvalue weighted by atomic mass is 9.99. The Labute approximate surface area is 213 Å². The zero-order chi connectivity index (χ0) is 26.1. The number of carbonyl (C=O) groups excluding carboxylic acids is 3. The average Bonchev–Trinajstić information content (AvgIpc) is 3.59. The Morgan fingerprint density at radius 2 is 1.81 bits per heavy atom. The maximum absolute atomic E-state index is 13.2. The molecule has 0 saturated heterocycles. The first-order chi connectivity index (χ1) is 17.1. The van der Waals surface area contributed by atoms with E-state index in [2.05, 4.69) is 30.9 Å². The highest BCUT2D eigenvalue weighted by Gasteiger charge is 2.35. The van der Waals surface area contributed by atoms with Crippen molar-refractivity contribution >= 4 is 35.0 Å². The van der Waals surface area contributed by atoms with E-state index in [1.165, 1.54) is 11.3 Å². The standard InChI is InChI=1S/C24H32N6O5S/c1-7-11(4)17-23-30-18(13(6)35-23)21(33)28-16(10(2)3)22-26-14(8-34-22)19(31)25-12(5)24-27-15(9-36-24)20(32)29-17/h9-12,14,16-17H,7-8H2,1-6H3,(H,25,31)(H,28,33)(H,29,32)/t11-,12+,14-,16+,17-/m0/s1. The highest BCUT2D eigenvalue weighted by atomic mass is 32.1. The van der Waals surface area contributed by atoms with Crippen LogP contribution in [0.4, 0.5) is 0 Å². The topological polar surface area (TPSA) is 148 Å². The van der Waals surface area contributed by atoms with Crippen LogP contribution >= 0.6 is 11.3 Å². The lowest BCUT2D eigenvalue weighted by molar-refractivity contribution is -0.123. The zero-order valence-electron chi connectivity index (χ0n) is 21.2. The average molecular weight is 517 g/mol. The Morgan fingerprint density at radius 3 is 2.50 bits per heavy atom. The molecular formula is C24H32N6O5S. The molecule has 11 nitrogen and oxygen atoms in total. The second-order valence-corrected chi connectivity index (χ2v) is 10.5. The molecule has 4 heterocycles. The van der Waals surface area contributed by atoms with Crippen molar-refractivity contribution < 1.29 is 23.5 Å². The fourth-order valence-electron chi connectivity index (χ4n) is 4.04. The number of aromatic nitrogens is 2. The molecule has 2 aromatic rings. The number of hydrogen-bond donors (Lipinski definition) is 3. The van der Waals surface area contributed by atoms with Crippen molar-refractivity contribution in [1.29, 1.82) is 0 Å².